The first-order valence-corrected chi connectivity index (χ1v) is 6.67. The molecule has 0 aliphatic carbocycles. The summed E-state index contributed by atoms with van der Waals surface area (Å²) < 4.78 is 4.97. The Labute approximate surface area is 127 Å². The van der Waals surface area contributed by atoms with Gasteiger partial charge in [0.05, 0.1) is 12.3 Å². The number of anilines is 1. The van der Waals surface area contributed by atoms with Crippen molar-refractivity contribution in [3.8, 4) is 0 Å². The zero-order valence-electron chi connectivity index (χ0n) is 12.5. The maximum absolute atomic E-state index is 11.2. The summed E-state index contributed by atoms with van der Waals surface area (Å²) in [6.45, 7) is 2.98. The number of nitrogens with two attached hydrogens (primary N) is 1. The molecule has 0 amide bonds. The molecule has 4 N–H and O–H groups in total. The van der Waals surface area contributed by atoms with Gasteiger partial charge in [-0.05, 0) is 36.1 Å². The second-order valence-electron chi connectivity index (χ2n) is 5.03. The molecule has 1 rings (SSSR count). The topological polar surface area (TPSA) is 127 Å². The largest absolute Gasteiger partial charge is 0.481 e. The summed E-state index contributed by atoms with van der Waals surface area (Å²) >= 11 is 0. The van der Waals surface area contributed by atoms with E-state index in [1.807, 2.05) is 0 Å². The van der Waals surface area contributed by atoms with Crippen LogP contribution in [0.1, 0.15) is 30.0 Å². The van der Waals surface area contributed by atoms with Gasteiger partial charge >= 0.3 is 17.9 Å². The van der Waals surface area contributed by atoms with Gasteiger partial charge < -0.3 is 20.7 Å². The van der Waals surface area contributed by atoms with Crippen LogP contribution < -0.4 is 5.73 Å². The maximum Gasteiger partial charge on any atom is 0.307 e. The van der Waals surface area contributed by atoms with Crippen molar-refractivity contribution in [1.82, 2.24) is 0 Å². The Bertz CT molecular complexity index is 596. The van der Waals surface area contributed by atoms with E-state index < -0.39 is 30.2 Å². The van der Waals surface area contributed by atoms with Crippen LogP contribution in [0.5, 0.6) is 0 Å². The van der Waals surface area contributed by atoms with Crippen LogP contribution in [0, 0.1) is 12.8 Å². The van der Waals surface area contributed by atoms with Gasteiger partial charge in [-0.15, -0.1) is 0 Å². The molecule has 0 unspecified atom stereocenters. The summed E-state index contributed by atoms with van der Waals surface area (Å²) in [7, 11) is 0. The van der Waals surface area contributed by atoms with Crippen molar-refractivity contribution in [3.63, 3.8) is 0 Å². The Morgan fingerprint density at radius 1 is 1.27 bits per heavy atom. The maximum atomic E-state index is 11.2. The molecule has 0 spiro atoms. The van der Waals surface area contributed by atoms with Crippen LogP contribution in [0.15, 0.2) is 12.1 Å². The summed E-state index contributed by atoms with van der Waals surface area (Å²) in [4.78, 5) is 32.9. The van der Waals surface area contributed by atoms with Gasteiger partial charge in [0.25, 0.3) is 0 Å². The van der Waals surface area contributed by atoms with Crippen LogP contribution in [0.25, 0.3) is 0 Å². The molecule has 22 heavy (non-hydrogen) atoms. The minimum atomic E-state index is -1.18. The first-order chi connectivity index (χ1) is 10.2. The molecule has 0 heterocycles. The Kier molecular flexibility index (Phi) is 5.91. The predicted octanol–water partition coefficient (Wildman–Crippen LogP) is 1.36. The number of esters is 1. The molecule has 0 bridgehead atoms. The van der Waals surface area contributed by atoms with Crippen molar-refractivity contribution in [2.24, 2.45) is 5.92 Å². The second kappa shape index (κ2) is 7.44. The number of hydrogen-bond donors (Lipinski definition) is 3. The lowest BCUT2D eigenvalue weighted by atomic mass is 9.91. The van der Waals surface area contributed by atoms with E-state index in [0.29, 0.717) is 22.4 Å². The van der Waals surface area contributed by atoms with Crippen LogP contribution in [0.4, 0.5) is 5.69 Å². The third-order valence-electron chi connectivity index (χ3n) is 3.39. The first kappa shape index (κ1) is 17.5. The van der Waals surface area contributed by atoms with Crippen LogP contribution in [-0.4, -0.2) is 28.1 Å². The van der Waals surface area contributed by atoms with Gasteiger partial charge in [0.1, 0.15) is 6.61 Å². The summed E-state index contributed by atoms with van der Waals surface area (Å²) in [5.74, 6) is -3.89. The summed E-state index contributed by atoms with van der Waals surface area (Å²) in [5, 5.41) is 17.9. The zero-order chi connectivity index (χ0) is 16.9. The summed E-state index contributed by atoms with van der Waals surface area (Å²) in [6.07, 6.45) is -0.453. The van der Waals surface area contributed by atoms with Crippen LogP contribution >= 0.6 is 0 Å². The van der Waals surface area contributed by atoms with Gasteiger partial charge in [0.2, 0.25) is 0 Å². The molecule has 0 aliphatic heterocycles. The van der Waals surface area contributed by atoms with Crippen molar-refractivity contribution >= 4 is 23.6 Å². The number of hydrogen-bond acceptors (Lipinski definition) is 5. The minimum absolute atomic E-state index is 0.0268. The van der Waals surface area contributed by atoms with E-state index in [9.17, 15) is 14.4 Å². The lowest BCUT2D eigenvalue weighted by molar-refractivity contribution is -0.148. The van der Waals surface area contributed by atoms with E-state index in [-0.39, 0.29) is 13.0 Å². The van der Waals surface area contributed by atoms with E-state index in [4.69, 9.17) is 20.7 Å². The number of benzene rings is 1. The standard InChI is InChI=1S/C15H19NO6/c1-8-12(7-22-9(2)17)10(3-4-13(8)16)5-11(15(20)21)6-14(18)19/h3-4,11H,5-7,16H2,1-2H3,(H,18,19)(H,20,21)/t11-/m1/s1. The number of rotatable bonds is 7. The number of carbonyl (C=O) groups excluding carboxylic acids is 1. The molecule has 0 fully saturated rings. The summed E-state index contributed by atoms with van der Waals surface area (Å²) in [5.41, 5.74) is 8.24. The quantitative estimate of drug-likeness (QED) is 0.512. The predicted molar refractivity (Wildman–Crippen MR) is 78.1 cm³/mol. The van der Waals surface area contributed by atoms with E-state index in [0.717, 1.165) is 0 Å². The van der Waals surface area contributed by atoms with Gasteiger partial charge in [-0.3, -0.25) is 14.4 Å². The molecular weight excluding hydrogens is 290 g/mol. The van der Waals surface area contributed by atoms with Crippen molar-refractivity contribution in [2.75, 3.05) is 5.73 Å². The average Bonchev–Trinajstić information content (AvgIpc) is 2.40. The highest BCUT2D eigenvalue weighted by Crippen LogP contribution is 2.25. The Morgan fingerprint density at radius 3 is 2.41 bits per heavy atom. The number of aliphatic carboxylic acids is 2. The van der Waals surface area contributed by atoms with Gasteiger partial charge in [-0.25, -0.2) is 0 Å². The number of carboxylic acid groups (broad SMARTS) is 2. The van der Waals surface area contributed by atoms with Crippen LogP contribution in [-0.2, 0) is 32.1 Å². The monoisotopic (exact) mass is 309 g/mol. The van der Waals surface area contributed by atoms with Crippen molar-refractivity contribution in [2.45, 2.75) is 33.3 Å². The molecular formula is C15H19NO6. The Balaban J connectivity index is 3.10. The van der Waals surface area contributed by atoms with Crippen molar-refractivity contribution in [3.05, 3.63) is 28.8 Å². The average molecular weight is 309 g/mol. The van der Waals surface area contributed by atoms with E-state index in [1.165, 1.54) is 6.92 Å². The molecule has 0 saturated carbocycles. The number of ether oxygens (including phenoxy) is 1. The number of carbonyl (C=O) groups is 3. The number of carboxylic acids is 2. The lowest BCUT2D eigenvalue weighted by Crippen LogP contribution is -2.21. The molecule has 0 aliphatic rings. The third-order valence-corrected chi connectivity index (χ3v) is 3.39. The highest BCUT2D eigenvalue weighted by Gasteiger charge is 2.23. The number of nitrogen functional groups attached to an aromatic ring is 1. The molecule has 0 aromatic heterocycles. The molecule has 7 heteroatoms. The van der Waals surface area contributed by atoms with Crippen molar-refractivity contribution < 1.29 is 29.3 Å². The molecule has 7 nitrogen and oxygen atoms in total. The normalized spacial score (nSPS) is 11.7. The molecule has 1 atom stereocenters. The second-order valence-corrected chi connectivity index (χ2v) is 5.03. The first-order valence-electron chi connectivity index (χ1n) is 6.67. The van der Waals surface area contributed by atoms with Crippen LogP contribution in [0.2, 0.25) is 0 Å². The molecule has 0 radical (unpaired) electrons. The molecule has 1 aromatic carbocycles. The Morgan fingerprint density at radius 2 is 1.91 bits per heavy atom. The van der Waals surface area contributed by atoms with Gasteiger partial charge in [0, 0.05) is 12.6 Å². The lowest BCUT2D eigenvalue weighted by Gasteiger charge is -2.17. The molecule has 0 saturated heterocycles. The Hall–Kier alpha value is -2.57. The highest BCUT2D eigenvalue weighted by atomic mass is 16.5. The molecule has 120 valence electrons. The highest BCUT2D eigenvalue weighted by molar-refractivity contribution is 5.78. The fraction of sp³-hybridized carbons (Fsp3) is 0.400. The van der Waals surface area contributed by atoms with Gasteiger partial charge in [-0.1, -0.05) is 6.07 Å². The minimum Gasteiger partial charge on any atom is -0.481 e. The van der Waals surface area contributed by atoms with E-state index in [2.05, 4.69) is 0 Å². The van der Waals surface area contributed by atoms with E-state index in [1.54, 1.807) is 19.1 Å². The zero-order valence-corrected chi connectivity index (χ0v) is 12.5. The summed E-state index contributed by atoms with van der Waals surface area (Å²) in [6, 6.07) is 3.26. The fourth-order valence-electron chi connectivity index (χ4n) is 2.12. The van der Waals surface area contributed by atoms with Crippen LogP contribution in [0.3, 0.4) is 0 Å². The fourth-order valence-corrected chi connectivity index (χ4v) is 2.12. The van der Waals surface area contributed by atoms with E-state index >= 15 is 0 Å². The van der Waals surface area contributed by atoms with Crippen molar-refractivity contribution in [1.29, 1.82) is 0 Å². The smallest absolute Gasteiger partial charge is 0.307 e. The van der Waals surface area contributed by atoms with Gasteiger partial charge in [0.15, 0.2) is 0 Å². The third kappa shape index (κ3) is 4.76. The SMILES string of the molecule is CC(=O)OCc1c(C[C@H](CC(=O)O)C(=O)O)ccc(N)c1C. The van der Waals surface area contributed by atoms with Gasteiger partial charge in [-0.2, -0.15) is 0 Å². The molecule has 1 aromatic rings.